The first-order valence-corrected chi connectivity index (χ1v) is 8.71. The van der Waals surface area contributed by atoms with Crippen molar-refractivity contribution in [2.24, 2.45) is 0 Å². The predicted octanol–water partition coefficient (Wildman–Crippen LogP) is 3.84. The Bertz CT molecular complexity index is 625. The fourth-order valence-corrected chi connectivity index (χ4v) is 3.53. The van der Waals surface area contributed by atoms with E-state index in [4.69, 9.17) is 0 Å². The fourth-order valence-electron chi connectivity index (χ4n) is 1.84. The van der Waals surface area contributed by atoms with Gasteiger partial charge in [0, 0.05) is 5.75 Å². The van der Waals surface area contributed by atoms with Crippen molar-refractivity contribution in [2.75, 3.05) is 11.1 Å². The average molecular weight is 321 g/mol. The van der Waals surface area contributed by atoms with Crippen molar-refractivity contribution >= 4 is 34.1 Å². The van der Waals surface area contributed by atoms with Gasteiger partial charge in [0.05, 0.1) is 6.42 Å². The monoisotopic (exact) mass is 321 g/mol. The lowest BCUT2D eigenvalue weighted by Gasteiger charge is -2.06. The van der Waals surface area contributed by atoms with Gasteiger partial charge in [0.1, 0.15) is 0 Å². The number of carbonyl (C=O) groups is 1. The van der Waals surface area contributed by atoms with E-state index in [9.17, 15) is 4.79 Å². The fraction of sp³-hybridized carbons (Fsp3) is 0.400. The minimum absolute atomic E-state index is 0.0492. The Morgan fingerprint density at radius 3 is 2.90 bits per heavy atom. The number of nitrogens with zero attached hydrogens (tertiary/aromatic N) is 2. The number of anilines is 1. The van der Waals surface area contributed by atoms with E-state index in [1.807, 2.05) is 19.9 Å². The van der Waals surface area contributed by atoms with Crippen LogP contribution in [-0.2, 0) is 11.2 Å². The second kappa shape index (κ2) is 7.56. The van der Waals surface area contributed by atoms with Crippen molar-refractivity contribution in [3.8, 4) is 0 Å². The molecular weight excluding hydrogens is 302 g/mol. The van der Waals surface area contributed by atoms with E-state index in [1.54, 1.807) is 11.8 Å². The molecule has 0 fully saturated rings. The van der Waals surface area contributed by atoms with Crippen molar-refractivity contribution in [3.05, 3.63) is 34.9 Å². The van der Waals surface area contributed by atoms with Crippen LogP contribution in [0.25, 0.3) is 0 Å². The van der Waals surface area contributed by atoms with Crippen LogP contribution in [0.4, 0.5) is 5.13 Å². The zero-order valence-electron chi connectivity index (χ0n) is 12.5. The van der Waals surface area contributed by atoms with E-state index in [0.717, 1.165) is 33.2 Å². The van der Waals surface area contributed by atoms with Crippen molar-refractivity contribution in [1.29, 1.82) is 0 Å². The molecule has 112 valence electrons. The van der Waals surface area contributed by atoms with Gasteiger partial charge in [-0.1, -0.05) is 53.8 Å². The number of benzene rings is 1. The summed E-state index contributed by atoms with van der Waals surface area (Å²) in [5.41, 5.74) is 3.35. The summed E-state index contributed by atoms with van der Waals surface area (Å²) >= 11 is 3.10. The number of thioether (sulfide) groups is 1. The van der Waals surface area contributed by atoms with Gasteiger partial charge in [-0.25, -0.2) is 0 Å². The van der Waals surface area contributed by atoms with Gasteiger partial charge in [-0.2, -0.15) is 0 Å². The summed E-state index contributed by atoms with van der Waals surface area (Å²) < 4.78 is 0.902. The second-order valence-electron chi connectivity index (χ2n) is 4.88. The third-order valence-corrected chi connectivity index (χ3v) is 5.12. The number of hydrogen-bond acceptors (Lipinski definition) is 5. The summed E-state index contributed by atoms with van der Waals surface area (Å²) in [4.78, 5) is 12.1. The molecule has 0 radical (unpaired) electrons. The summed E-state index contributed by atoms with van der Waals surface area (Å²) in [5.74, 6) is 0.970. The molecule has 1 amide bonds. The molecule has 0 bridgehead atoms. The van der Waals surface area contributed by atoms with Crippen LogP contribution < -0.4 is 5.32 Å². The van der Waals surface area contributed by atoms with Crippen LogP contribution in [0.2, 0.25) is 0 Å². The predicted molar refractivity (Wildman–Crippen MR) is 89.2 cm³/mol. The Hall–Kier alpha value is -1.40. The maximum absolute atomic E-state index is 12.1. The van der Waals surface area contributed by atoms with Gasteiger partial charge in [0.25, 0.3) is 0 Å². The molecule has 0 unspecified atom stereocenters. The van der Waals surface area contributed by atoms with Gasteiger partial charge < -0.3 is 5.32 Å². The van der Waals surface area contributed by atoms with E-state index in [0.29, 0.717) is 11.6 Å². The summed E-state index contributed by atoms with van der Waals surface area (Å²) in [6.45, 7) is 6.18. The lowest BCUT2D eigenvalue weighted by Crippen LogP contribution is -2.15. The van der Waals surface area contributed by atoms with Crippen LogP contribution in [0.15, 0.2) is 22.5 Å². The number of aryl methyl sites for hydroxylation is 2. The van der Waals surface area contributed by atoms with Gasteiger partial charge in [0.15, 0.2) is 4.34 Å². The van der Waals surface area contributed by atoms with Crippen LogP contribution >= 0.6 is 23.1 Å². The minimum atomic E-state index is -0.0492. The quantitative estimate of drug-likeness (QED) is 0.649. The zero-order chi connectivity index (χ0) is 15.2. The highest BCUT2D eigenvalue weighted by Crippen LogP contribution is 2.25. The Balaban J connectivity index is 1.95. The molecule has 2 aromatic rings. The van der Waals surface area contributed by atoms with Crippen molar-refractivity contribution in [3.63, 3.8) is 0 Å². The maximum atomic E-state index is 12.1. The van der Waals surface area contributed by atoms with Crippen LogP contribution in [-0.4, -0.2) is 21.9 Å². The molecule has 0 aliphatic heterocycles. The largest absolute Gasteiger partial charge is 0.300 e. The number of rotatable bonds is 6. The summed E-state index contributed by atoms with van der Waals surface area (Å²) in [6.07, 6.45) is 1.46. The molecule has 6 heteroatoms. The number of nitrogens with one attached hydrogen (secondary N) is 1. The van der Waals surface area contributed by atoms with E-state index < -0.39 is 0 Å². The third-order valence-electron chi connectivity index (χ3n) is 2.94. The third kappa shape index (κ3) is 4.82. The molecule has 0 spiro atoms. The molecule has 21 heavy (non-hydrogen) atoms. The summed E-state index contributed by atoms with van der Waals surface area (Å²) in [5, 5.41) is 11.5. The number of hydrogen-bond donors (Lipinski definition) is 1. The first kappa shape index (κ1) is 16.0. The van der Waals surface area contributed by atoms with Crippen molar-refractivity contribution in [2.45, 2.75) is 38.0 Å². The van der Waals surface area contributed by atoms with Crippen LogP contribution in [0.5, 0.6) is 0 Å². The normalized spacial score (nSPS) is 10.6. The van der Waals surface area contributed by atoms with Crippen LogP contribution in [0.3, 0.4) is 0 Å². The first-order valence-electron chi connectivity index (χ1n) is 6.90. The molecule has 4 nitrogen and oxygen atoms in total. The first-order chi connectivity index (χ1) is 10.1. The van der Waals surface area contributed by atoms with Crippen LogP contribution in [0.1, 0.15) is 30.0 Å². The highest BCUT2D eigenvalue weighted by atomic mass is 32.2. The van der Waals surface area contributed by atoms with E-state index >= 15 is 0 Å². The molecule has 1 N–H and O–H groups in total. The lowest BCUT2D eigenvalue weighted by molar-refractivity contribution is -0.115. The molecule has 1 heterocycles. The topological polar surface area (TPSA) is 54.9 Å². The van der Waals surface area contributed by atoms with Crippen LogP contribution in [0, 0.1) is 13.8 Å². The number of carbonyl (C=O) groups excluding carboxylic acids is 1. The molecule has 1 aromatic carbocycles. The minimum Gasteiger partial charge on any atom is -0.300 e. The van der Waals surface area contributed by atoms with Crippen molar-refractivity contribution in [1.82, 2.24) is 10.2 Å². The van der Waals surface area contributed by atoms with E-state index in [2.05, 4.69) is 34.6 Å². The Morgan fingerprint density at radius 2 is 2.14 bits per heavy atom. The SMILES string of the molecule is CCCSc1nnc(NC(=O)Cc2cc(C)ccc2C)s1. The van der Waals surface area contributed by atoms with Crippen molar-refractivity contribution < 1.29 is 4.79 Å². The van der Waals surface area contributed by atoms with E-state index in [-0.39, 0.29) is 5.91 Å². The number of amides is 1. The molecule has 0 saturated carbocycles. The Kier molecular flexibility index (Phi) is 5.76. The lowest BCUT2D eigenvalue weighted by atomic mass is 10.0. The molecule has 2 rings (SSSR count). The van der Waals surface area contributed by atoms with Gasteiger partial charge in [0.2, 0.25) is 11.0 Å². The smallest absolute Gasteiger partial charge is 0.230 e. The summed E-state index contributed by atoms with van der Waals surface area (Å²) in [6, 6.07) is 6.15. The standard InChI is InChI=1S/C15H19N3OS2/c1-4-7-20-15-18-17-14(21-15)16-13(19)9-12-8-10(2)5-6-11(12)3/h5-6,8H,4,7,9H2,1-3H3,(H,16,17,19). The molecule has 0 saturated heterocycles. The molecule has 0 aliphatic carbocycles. The highest BCUT2D eigenvalue weighted by Gasteiger charge is 2.10. The number of aromatic nitrogens is 2. The van der Waals surface area contributed by atoms with Gasteiger partial charge in [-0.15, -0.1) is 10.2 Å². The highest BCUT2D eigenvalue weighted by molar-refractivity contribution is 8.01. The molecular formula is C15H19N3OS2. The van der Waals surface area contributed by atoms with Gasteiger partial charge in [-0.3, -0.25) is 4.79 Å². The Labute approximate surface area is 133 Å². The van der Waals surface area contributed by atoms with E-state index in [1.165, 1.54) is 11.3 Å². The van der Waals surface area contributed by atoms with Gasteiger partial charge >= 0.3 is 0 Å². The molecule has 0 aliphatic rings. The van der Waals surface area contributed by atoms with Gasteiger partial charge in [-0.05, 0) is 31.4 Å². The average Bonchev–Trinajstić information content (AvgIpc) is 2.88. The summed E-state index contributed by atoms with van der Waals surface area (Å²) in [7, 11) is 0. The second-order valence-corrected chi connectivity index (χ2v) is 7.20. The Morgan fingerprint density at radius 1 is 1.33 bits per heavy atom. The molecule has 1 aromatic heterocycles. The maximum Gasteiger partial charge on any atom is 0.230 e. The molecule has 0 atom stereocenters. The zero-order valence-corrected chi connectivity index (χ0v) is 14.1.